The first-order valence-corrected chi connectivity index (χ1v) is 8.71. The fraction of sp³-hybridized carbons (Fsp3) is 0.625. The Labute approximate surface area is 150 Å². The second kappa shape index (κ2) is 7.06. The van der Waals surface area contributed by atoms with Crippen LogP contribution in [0.1, 0.15) is 6.23 Å². The average Bonchev–Trinajstić information content (AvgIpc) is 3.19. The Balaban J connectivity index is 1.51. The van der Waals surface area contributed by atoms with Gasteiger partial charge in [0.2, 0.25) is 0 Å². The number of anilines is 1. The number of morpholine rings is 1. The van der Waals surface area contributed by atoms with Crippen molar-refractivity contribution in [3.63, 3.8) is 0 Å². The standard InChI is InChI=1S/C16H24N6O4/c17-5-9-6-21(3-4-25-9)7-11-12(23)13(24)16(26-11)22-2-1-10-14(18)19-8-20-15(10)22/h1-2,8-9,11-13,16,23-24H,3-7,17H2,(H2,18,19,20)/t9?,11-,12-,13-,16-/m1/s1. The van der Waals surface area contributed by atoms with E-state index in [-0.39, 0.29) is 6.10 Å². The number of hydrogen-bond donors (Lipinski definition) is 4. The van der Waals surface area contributed by atoms with Crippen molar-refractivity contribution in [2.45, 2.75) is 30.6 Å². The monoisotopic (exact) mass is 364 g/mol. The molecule has 1 unspecified atom stereocenters. The molecular formula is C16H24N6O4. The van der Waals surface area contributed by atoms with Gasteiger partial charge in [0.05, 0.1) is 18.1 Å². The van der Waals surface area contributed by atoms with Gasteiger partial charge >= 0.3 is 0 Å². The zero-order valence-corrected chi connectivity index (χ0v) is 14.3. The van der Waals surface area contributed by atoms with Crippen LogP contribution in [0.5, 0.6) is 0 Å². The van der Waals surface area contributed by atoms with Crippen molar-refractivity contribution >= 4 is 16.9 Å². The number of hydrogen-bond acceptors (Lipinski definition) is 9. The van der Waals surface area contributed by atoms with Crippen molar-refractivity contribution in [1.29, 1.82) is 0 Å². The molecule has 2 saturated heterocycles. The van der Waals surface area contributed by atoms with Crippen molar-refractivity contribution in [1.82, 2.24) is 19.4 Å². The number of ether oxygens (including phenoxy) is 2. The molecule has 142 valence electrons. The SMILES string of the molecule is NCC1CN(C[C@H]2O[C@@H](n3ccc4c(N)ncnc43)[C@H](O)[C@@H]2O)CCO1. The highest BCUT2D eigenvalue weighted by Crippen LogP contribution is 2.33. The van der Waals surface area contributed by atoms with E-state index in [2.05, 4.69) is 14.9 Å². The highest BCUT2D eigenvalue weighted by Gasteiger charge is 2.45. The van der Waals surface area contributed by atoms with Gasteiger partial charge in [-0.25, -0.2) is 9.97 Å². The van der Waals surface area contributed by atoms with Crippen LogP contribution in [0.2, 0.25) is 0 Å². The van der Waals surface area contributed by atoms with E-state index in [4.69, 9.17) is 20.9 Å². The normalized spacial score (nSPS) is 33.1. The zero-order chi connectivity index (χ0) is 18.3. The average molecular weight is 364 g/mol. The van der Waals surface area contributed by atoms with Crippen LogP contribution in [0.15, 0.2) is 18.6 Å². The number of nitrogen functional groups attached to an aromatic ring is 1. The Hall–Kier alpha value is -1.82. The van der Waals surface area contributed by atoms with E-state index >= 15 is 0 Å². The number of aliphatic hydroxyl groups is 2. The molecule has 5 atom stereocenters. The largest absolute Gasteiger partial charge is 0.387 e. The molecule has 6 N–H and O–H groups in total. The number of rotatable bonds is 4. The van der Waals surface area contributed by atoms with E-state index in [1.807, 2.05) is 0 Å². The van der Waals surface area contributed by atoms with E-state index in [9.17, 15) is 10.2 Å². The molecule has 0 radical (unpaired) electrons. The first-order valence-electron chi connectivity index (χ1n) is 8.71. The molecule has 2 fully saturated rings. The molecule has 0 saturated carbocycles. The van der Waals surface area contributed by atoms with Crippen LogP contribution in [0.4, 0.5) is 5.82 Å². The van der Waals surface area contributed by atoms with Gasteiger partial charge in [-0.2, -0.15) is 0 Å². The van der Waals surface area contributed by atoms with Gasteiger partial charge in [0.1, 0.15) is 36.1 Å². The summed E-state index contributed by atoms with van der Waals surface area (Å²) >= 11 is 0. The van der Waals surface area contributed by atoms with Gasteiger partial charge < -0.3 is 35.7 Å². The van der Waals surface area contributed by atoms with Crippen molar-refractivity contribution in [3.05, 3.63) is 18.6 Å². The number of nitrogens with two attached hydrogens (primary N) is 2. The summed E-state index contributed by atoms with van der Waals surface area (Å²) in [6.45, 7) is 2.95. The number of fused-ring (bicyclic) bond motifs is 1. The molecule has 4 heterocycles. The van der Waals surface area contributed by atoms with Crippen LogP contribution in [0.25, 0.3) is 11.0 Å². The van der Waals surface area contributed by atoms with Crippen molar-refractivity contribution < 1.29 is 19.7 Å². The van der Waals surface area contributed by atoms with Crippen molar-refractivity contribution in [3.8, 4) is 0 Å². The molecule has 2 aliphatic heterocycles. The van der Waals surface area contributed by atoms with Gasteiger partial charge in [0, 0.05) is 32.4 Å². The molecule has 2 aromatic heterocycles. The predicted molar refractivity (Wildman–Crippen MR) is 93.1 cm³/mol. The number of aliphatic hydroxyl groups excluding tert-OH is 2. The van der Waals surface area contributed by atoms with E-state index in [0.29, 0.717) is 43.1 Å². The first kappa shape index (κ1) is 17.6. The maximum atomic E-state index is 10.5. The summed E-state index contributed by atoms with van der Waals surface area (Å²) in [5.74, 6) is 0.361. The fourth-order valence-corrected chi connectivity index (χ4v) is 3.65. The third kappa shape index (κ3) is 3.04. The third-order valence-corrected chi connectivity index (χ3v) is 5.08. The van der Waals surface area contributed by atoms with Crippen LogP contribution < -0.4 is 11.5 Å². The quantitative estimate of drug-likeness (QED) is 0.498. The molecule has 26 heavy (non-hydrogen) atoms. The molecule has 10 heteroatoms. The molecule has 0 amide bonds. The minimum absolute atomic E-state index is 0.0175. The van der Waals surface area contributed by atoms with Crippen LogP contribution >= 0.6 is 0 Å². The maximum absolute atomic E-state index is 10.5. The molecule has 2 aromatic rings. The van der Waals surface area contributed by atoms with Crippen LogP contribution in [-0.4, -0.2) is 86.8 Å². The van der Waals surface area contributed by atoms with E-state index < -0.39 is 24.5 Å². The smallest absolute Gasteiger partial charge is 0.164 e. The lowest BCUT2D eigenvalue weighted by Crippen LogP contribution is -2.49. The number of aromatic nitrogens is 3. The summed E-state index contributed by atoms with van der Waals surface area (Å²) in [6.07, 6.45) is -0.261. The molecule has 0 aromatic carbocycles. The lowest BCUT2D eigenvalue weighted by atomic mass is 10.1. The summed E-state index contributed by atoms with van der Waals surface area (Å²) in [6, 6.07) is 1.77. The number of nitrogens with zero attached hydrogens (tertiary/aromatic N) is 4. The summed E-state index contributed by atoms with van der Waals surface area (Å²) in [5, 5.41) is 21.7. The molecule has 0 aliphatic carbocycles. The minimum Gasteiger partial charge on any atom is -0.387 e. The van der Waals surface area contributed by atoms with Gasteiger partial charge in [0.15, 0.2) is 6.23 Å². The Morgan fingerprint density at radius 3 is 2.92 bits per heavy atom. The summed E-state index contributed by atoms with van der Waals surface area (Å²) < 4.78 is 13.2. The van der Waals surface area contributed by atoms with E-state index in [1.54, 1.807) is 16.8 Å². The van der Waals surface area contributed by atoms with E-state index in [0.717, 1.165) is 6.54 Å². The van der Waals surface area contributed by atoms with Gasteiger partial charge in [-0.05, 0) is 6.07 Å². The zero-order valence-electron chi connectivity index (χ0n) is 14.3. The Bertz CT molecular complexity index is 770. The molecule has 0 spiro atoms. The van der Waals surface area contributed by atoms with Crippen LogP contribution in [0.3, 0.4) is 0 Å². The highest BCUT2D eigenvalue weighted by molar-refractivity contribution is 5.86. The lowest BCUT2D eigenvalue weighted by molar-refractivity contribution is -0.0696. The summed E-state index contributed by atoms with van der Waals surface area (Å²) in [7, 11) is 0. The highest BCUT2D eigenvalue weighted by atomic mass is 16.6. The molecule has 2 aliphatic rings. The second-order valence-electron chi connectivity index (χ2n) is 6.75. The Kier molecular flexibility index (Phi) is 4.78. The molecule has 0 bridgehead atoms. The van der Waals surface area contributed by atoms with Gasteiger partial charge in [-0.3, -0.25) is 4.90 Å². The minimum atomic E-state index is -1.07. The van der Waals surface area contributed by atoms with Crippen molar-refractivity contribution in [2.75, 3.05) is 38.5 Å². The van der Waals surface area contributed by atoms with Gasteiger partial charge in [-0.15, -0.1) is 0 Å². The third-order valence-electron chi connectivity index (χ3n) is 5.08. The van der Waals surface area contributed by atoms with E-state index in [1.165, 1.54) is 6.33 Å². The molecule has 10 nitrogen and oxygen atoms in total. The second-order valence-corrected chi connectivity index (χ2v) is 6.75. The Morgan fingerprint density at radius 1 is 1.27 bits per heavy atom. The Morgan fingerprint density at radius 2 is 2.12 bits per heavy atom. The fourth-order valence-electron chi connectivity index (χ4n) is 3.65. The molecule has 4 rings (SSSR count). The maximum Gasteiger partial charge on any atom is 0.164 e. The van der Waals surface area contributed by atoms with Crippen LogP contribution in [0, 0.1) is 0 Å². The van der Waals surface area contributed by atoms with Gasteiger partial charge in [0.25, 0.3) is 0 Å². The topological polar surface area (TPSA) is 145 Å². The first-order chi connectivity index (χ1) is 12.6. The summed E-state index contributed by atoms with van der Waals surface area (Å²) in [5.41, 5.74) is 12.1. The summed E-state index contributed by atoms with van der Waals surface area (Å²) in [4.78, 5) is 10.3. The van der Waals surface area contributed by atoms with Crippen LogP contribution in [-0.2, 0) is 9.47 Å². The lowest BCUT2D eigenvalue weighted by Gasteiger charge is -2.34. The van der Waals surface area contributed by atoms with Gasteiger partial charge in [-0.1, -0.05) is 0 Å². The van der Waals surface area contributed by atoms with Crippen molar-refractivity contribution in [2.24, 2.45) is 5.73 Å². The molecular weight excluding hydrogens is 340 g/mol. The predicted octanol–water partition coefficient (Wildman–Crippen LogP) is -1.71.